The summed E-state index contributed by atoms with van der Waals surface area (Å²) in [6.07, 6.45) is -10.1. The lowest BCUT2D eigenvalue weighted by atomic mass is 10.0. The normalized spacial score (nSPS) is 13.1. The van der Waals surface area contributed by atoms with Gasteiger partial charge in [0.1, 0.15) is 19.2 Å². The minimum absolute atomic E-state index is 0.0213. The lowest BCUT2D eigenvalue weighted by Gasteiger charge is -2.26. The van der Waals surface area contributed by atoms with Crippen LogP contribution >= 0.6 is 0 Å². The molecule has 228 valence electrons. The molecule has 0 spiro atoms. The van der Waals surface area contributed by atoms with Crippen LogP contribution in [0.4, 0.5) is 18.0 Å². The molecule has 2 rings (SSSR count). The first-order chi connectivity index (χ1) is 19.8. The number of alkyl halides is 3. The first kappa shape index (κ1) is 33.5. The number of nitrogens with one attached hydrogen (secondary N) is 4. The van der Waals surface area contributed by atoms with Gasteiger partial charge >= 0.3 is 12.3 Å². The first-order valence-corrected chi connectivity index (χ1v) is 12.7. The maximum Gasteiger partial charge on any atom is 0.416 e. The second-order valence-electron chi connectivity index (χ2n) is 9.11. The minimum Gasteiger partial charge on any atom is -0.445 e. The molecule has 2 aromatic rings. The van der Waals surface area contributed by atoms with E-state index in [9.17, 15) is 42.3 Å². The van der Waals surface area contributed by atoms with Crippen LogP contribution in [0, 0.1) is 0 Å². The molecule has 7 N–H and O–H groups in total. The Balaban J connectivity index is 1.95. The van der Waals surface area contributed by atoms with Crippen molar-refractivity contribution >= 4 is 29.7 Å². The van der Waals surface area contributed by atoms with Crippen molar-refractivity contribution in [1.82, 2.24) is 21.3 Å². The number of benzene rings is 2. The number of carbonyl (C=O) groups is 5. The molecule has 0 saturated heterocycles. The van der Waals surface area contributed by atoms with E-state index in [1.807, 2.05) is 5.32 Å². The predicted octanol–water partition coefficient (Wildman–Crippen LogP) is 0.430. The quantitative estimate of drug-likeness (QED) is 0.172. The van der Waals surface area contributed by atoms with Gasteiger partial charge in [0.2, 0.25) is 23.6 Å². The van der Waals surface area contributed by atoms with Gasteiger partial charge < -0.3 is 36.8 Å². The Morgan fingerprint density at radius 2 is 1.38 bits per heavy atom. The molecule has 0 aliphatic heterocycles. The fourth-order valence-electron chi connectivity index (χ4n) is 3.61. The number of amides is 5. The van der Waals surface area contributed by atoms with Crippen LogP contribution < -0.4 is 27.0 Å². The lowest BCUT2D eigenvalue weighted by molar-refractivity contribution is -0.212. The van der Waals surface area contributed by atoms with Crippen LogP contribution in [0.1, 0.15) is 24.0 Å². The molecule has 3 atom stereocenters. The van der Waals surface area contributed by atoms with Crippen LogP contribution in [0.5, 0.6) is 0 Å². The number of halogens is 3. The highest BCUT2D eigenvalue weighted by atomic mass is 19.4. The molecule has 2 unspecified atom stereocenters. The molecule has 0 radical (unpaired) electrons. The Kier molecular flexibility index (Phi) is 13.2. The molecule has 0 bridgehead atoms. The van der Waals surface area contributed by atoms with Crippen molar-refractivity contribution in [1.29, 1.82) is 0 Å². The van der Waals surface area contributed by atoms with Crippen LogP contribution in [0.15, 0.2) is 60.7 Å². The maximum atomic E-state index is 13.0. The van der Waals surface area contributed by atoms with Crippen molar-refractivity contribution in [2.24, 2.45) is 5.73 Å². The van der Waals surface area contributed by atoms with Gasteiger partial charge in [-0.3, -0.25) is 19.2 Å². The predicted molar refractivity (Wildman–Crippen MR) is 142 cm³/mol. The molecule has 5 amide bonds. The molecule has 15 heteroatoms. The Bertz CT molecular complexity index is 1200. The second-order valence-corrected chi connectivity index (χ2v) is 9.11. The van der Waals surface area contributed by atoms with Gasteiger partial charge in [0.15, 0.2) is 6.10 Å². The number of aliphatic hydroxyl groups excluding tert-OH is 1. The molecule has 12 nitrogen and oxygen atoms in total. The van der Waals surface area contributed by atoms with Gasteiger partial charge in [-0.1, -0.05) is 60.7 Å². The van der Waals surface area contributed by atoms with Crippen LogP contribution in [-0.2, 0) is 36.9 Å². The summed E-state index contributed by atoms with van der Waals surface area (Å²) in [5.41, 5.74) is 6.32. The first-order valence-electron chi connectivity index (χ1n) is 12.7. The summed E-state index contributed by atoms with van der Waals surface area (Å²) in [6, 6.07) is 14.2. The standard InChI is InChI=1S/C27H32F3N5O7/c28-27(29,30)24(39)19(11-12-21(31)36)34-22(37)14-32-25(40)20(13-17-7-3-1-4-8-17)35-23(38)15-33-26(41)42-16-18-9-5-2-6-10-18/h1-10,19-20,24,39H,11-16H2,(H2,31,36)(H,32,40)(H,33,41)(H,34,37)(H,35,38)/t19?,20-,24?/m0/s1. The van der Waals surface area contributed by atoms with Crippen molar-refractivity contribution in [3.8, 4) is 0 Å². The molecular formula is C27H32F3N5O7. The largest absolute Gasteiger partial charge is 0.445 e. The van der Waals surface area contributed by atoms with Crippen LogP contribution in [0.2, 0.25) is 0 Å². The van der Waals surface area contributed by atoms with Gasteiger partial charge in [-0.25, -0.2) is 4.79 Å². The summed E-state index contributed by atoms with van der Waals surface area (Å²) in [4.78, 5) is 60.6. The molecule has 0 fully saturated rings. The van der Waals surface area contributed by atoms with Crippen LogP contribution in [0.3, 0.4) is 0 Å². The summed E-state index contributed by atoms with van der Waals surface area (Å²) in [6.45, 7) is -1.37. The fraction of sp³-hybridized carbons (Fsp3) is 0.370. The summed E-state index contributed by atoms with van der Waals surface area (Å²) < 4.78 is 44.0. The average Bonchev–Trinajstić information content (AvgIpc) is 2.95. The number of ether oxygens (including phenoxy) is 1. The summed E-state index contributed by atoms with van der Waals surface area (Å²) in [5.74, 6) is -3.63. The fourth-order valence-corrected chi connectivity index (χ4v) is 3.61. The van der Waals surface area contributed by atoms with Gasteiger partial charge in [0.25, 0.3) is 0 Å². The maximum absolute atomic E-state index is 13.0. The molecule has 42 heavy (non-hydrogen) atoms. The van der Waals surface area contributed by atoms with E-state index in [1.165, 1.54) is 0 Å². The highest BCUT2D eigenvalue weighted by molar-refractivity contribution is 5.91. The number of rotatable bonds is 15. The number of carbonyl (C=O) groups excluding carboxylic acids is 5. The summed E-state index contributed by atoms with van der Waals surface area (Å²) >= 11 is 0. The van der Waals surface area contributed by atoms with E-state index >= 15 is 0 Å². The Morgan fingerprint density at radius 1 is 0.833 bits per heavy atom. The van der Waals surface area contributed by atoms with E-state index in [4.69, 9.17) is 10.5 Å². The Labute approximate surface area is 239 Å². The zero-order valence-electron chi connectivity index (χ0n) is 22.4. The topological polar surface area (TPSA) is 189 Å². The van der Waals surface area contributed by atoms with Crippen molar-refractivity contribution < 1.29 is 47.0 Å². The van der Waals surface area contributed by atoms with Crippen molar-refractivity contribution in [3.05, 3.63) is 71.8 Å². The van der Waals surface area contributed by atoms with Gasteiger partial charge in [-0.15, -0.1) is 0 Å². The average molecular weight is 596 g/mol. The number of alkyl carbamates (subject to hydrolysis) is 1. The minimum atomic E-state index is -5.09. The zero-order valence-corrected chi connectivity index (χ0v) is 22.4. The molecule has 0 aliphatic rings. The number of primary amides is 1. The van der Waals surface area contributed by atoms with Crippen LogP contribution in [-0.4, -0.2) is 72.3 Å². The van der Waals surface area contributed by atoms with Gasteiger partial charge in [0.05, 0.1) is 12.6 Å². The molecule has 0 aliphatic carbocycles. The lowest BCUT2D eigenvalue weighted by Crippen LogP contribution is -2.54. The third kappa shape index (κ3) is 12.7. The van der Waals surface area contributed by atoms with Gasteiger partial charge in [0, 0.05) is 12.8 Å². The van der Waals surface area contributed by atoms with Crippen LogP contribution in [0.25, 0.3) is 0 Å². The van der Waals surface area contributed by atoms with Gasteiger partial charge in [-0.05, 0) is 17.5 Å². The third-order valence-corrected chi connectivity index (χ3v) is 5.73. The zero-order chi connectivity index (χ0) is 31.1. The smallest absolute Gasteiger partial charge is 0.416 e. The molecule has 0 heterocycles. The van der Waals surface area contributed by atoms with Gasteiger partial charge in [-0.2, -0.15) is 13.2 Å². The number of nitrogens with two attached hydrogens (primary N) is 1. The molecule has 2 aromatic carbocycles. The van der Waals surface area contributed by atoms with Crippen molar-refractivity contribution in [3.63, 3.8) is 0 Å². The molecular weight excluding hydrogens is 563 g/mol. The molecule has 0 aromatic heterocycles. The third-order valence-electron chi connectivity index (χ3n) is 5.73. The van der Waals surface area contributed by atoms with E-state index in [1.54, 1.807) is 60.7 Å². The van der Waals surface area contributed by atoms with Crippen molar-refractivity contribution in [2.75, 3.05) is 13.1 Å². The Hall–Kier alpha value is -4.66. The second kappa shape index (κ2) is 16.6. The SMILES string of the molecule is NC(=O)CCC(NC(=O)CNC(=O)[C@H](Cc1ccccc1)NC(=O)CNC(=O)OCc1ccccc1)C(O)C(F)(F)F. The monoisotopic (exact) mass is 595 g/mol. The number of hydrogen-bond acceptors (Lipinski definition) is 7. The van der Waals surface area contributed by atoms with E-state index in [2.05, 4.69) is 16.0 Å². The highest BCUT2D eigenvalue weighted by Gasteiger charge is 2.44. The summed E-state index contributed by atoms with van der Waals surface area (Å²) in [5, 5.41) is 18.4. The van der Waals surface area contributed by atoms with E-state index in [0.717, 1.165) is 5.56 Å². The number of aliphatic hydroxyl groups is 1. The van der Waals surface area contributed by atoms with E-state index < -0.39 is 80.0 Å². The highest BCUT2D eigenvalue weighted by Crippen LogP contribution is 2.24. The summed E-state index contributed by atoms with van der Waals surface area (Å²) in [7, 11) is 0. The van der Waals surface area contributed by atoms with Crippen molar-refractivity contribution in [2.45, 2.75) is 50.2 Å². The molecule has 0 saturated carbocycles. The number of hydrogen-bond donors (Lipinski definition) is 6. The van der Waals surface area contributed by atoms with E-state index in [-0.39, 0.29) is 13.0 Å². The Morgan fingerprint density at radius 3 is 1.95 bits per heavy atom. The van der Waals surface area contributed by atoms with E-state index in [0.29, 0.717) is 5.56 Å².